The monoisotopic (exact) mass is 240 g/mol. The van der Waals surface area contributed by atoms with Crippen LogP contribution in [0.3, 0.4) is 0 Å². The zero-order chi connectivity index (χ0) is 12.1. The molecule has 0 aromatic carbocycles. The van der Waals surface area contributed by atoms with E-state index in [1.807, 2.05) is 0 Å². The number of carbonyl (C=O) groups excluding carboxylic acids is 1. The largest absolute Gasteiger partial charge is 0.446 e. The molecule has 0 spiro atoms. The Bertz CT molecular complexity index is 252. The average Bonchev–Trinajstić information content (AvgIpc) is 2.79. The minimum absolute atomic E-state index is 0.170. The van der Waals surface area contributed by atoms with Gasteiger partial charge in [0.05, 0.1) is 0 Å². The molecule has 1 saturated heterocycles. The van der Waals surface area contributed by atoms with Crippen LogP contribution in [0.15, 0.2) is 0 Å². The summed E-state index contributed by atoms with van der Waals surface area (Å²) in [5.74, 6) is 0.588. The van der Waals surface area contributed by atoms with Gasteiger partial charge in [0.15, 0.2) is 0 Å². The van der Waals surface area contributed by atoms with Crippen molar-refractivity contribution in [1.29, 1.82) is 0 Å². The van der Waals surface area contributed by atoms with E-state index in [0.29, 0.717) is 5.92 Å². The van der Waals surface area contributed by atoms with Crippen molar-refractivity contribution in [2.24, 2.45) is 5.92 Å². The Balaban J connectivity index is 1.61. The van der Waals surface area contributed by atoms with E-state index >= 15 is 0 Å². The van der Waals surface area contributed by atoms with Gasteiger partial charge in [-0.05, 0) is 58.0 Å². The molecule has 98 valence electrons. The van der Waals surface area contributed by atoms with Crippen molar-refractivity contribution < 1.29 is 9.53 Å². The Morgan fingerprint density at radius 1 is 1.29 bits per heavy atom. The van der Waals surface area contributed by atoms with Crippen LogP contribution in [-0.4, -0.2) is 43.8 Å². The molecule has 4 nitrogen and oxygen atoms in total. The number of rotatable bonds is 3. The van der Waals surface area contributed by atoms with Crippen LogP contribution in [-0.2, 0) is 4.74 Å². The molecule has 0 bridgehead atoms. The molecule has 1 aliphatic carbocycles. The molecule has 0 radical (unpaired) electrons. The Labute approximate surface area is 104 Å². The maximum atomic E-state index is 11.6. The molecule has 1 amide bonds. The van der Waals surface area contributed by atoms with Gasteiger partial charge in [-0.1, -0.05) is 0 Å². The minimum Gasteiger partial charge on any atom is -0.446 e. The first kappa shape index (κ1) is 12.7. The first-order valence-corrected chi connectivity index (χ1v) is 6.87. The smallest absolute Gasteiger partial charge is 0.407 e. The lowest BCUT2D eigenvalue weighted by molar-refractivity contribution is 0.0977. The second kappa shape index (κ2) is 6.24. The summed E-state index contributed by atoms with van der Waals surface area (Å²) in [6.45, 7) is 3.03. The number of nitrogens with zero attached hydrogens (tertiary/aromatic N) is 1. The van der Waals surface area contributed by atoms with E-state index in [9.17, 15) is 4.79 Å². The molecule has 1 atom stereocenters. The standard InChI is InChI=1S/C13H24N2O2/c1-15-8-4-5-11(10-15)9-14-13(16)17-12-6-2-3-7-12/h11-12H,2-10H2,1H3,(H,14,16). The highest BCUT2D eigenvalue weighted by molar-refractivity contribution is 5.67. The first-order chi connectivity index (χ1) is 8.24. The third-order valence-corrected chi connectivity index (χ3v) is 3.83. The van der Waals surface area contributed by atoms with Gasteiger partial charge >= 0.3 is 6.09 Å². The normalized spacial score (nSPS) is 27.0. The first-order valence-electron chi connectivity index (χ1n) is 6.87. The van der Waals surface area contributed by atoms with Crippen LogP contribution in [0.4, 0.5) is 4.79 Å². The number of piperidine rings is 1. The maximum Gasteiger partial charge on any atom is 0.407 e. The Morgan fingerprint density at radius 2 is 2.06 bits per heavy atom. The van der Waals surface area contributed by atoms with E-state index in [0.717, 1.165) is 25.9 Å². The fraction of sp³-hybridized carbons (Fsp3) is 0.923. The van der Waals surface area contributed by atoms with Gasteiger partial charge in [0, 0.05) is 13.1 Å². The average molecular weight is 240 g/mol. The minimum atomic E-state index is -0.217. The summed E-state index contributed by atoms with van der Waals surface area (Å²) >= 11 is 0. The summed E-state index contributed by atoms with van der Waals surface area (Å²) in [5.41, 5.74) is 0. The fourth-order valence-electron chi connectivity index (χ4n) is 2.87. The molecule has 1 heterocycles. The zero-order valence-corrected chi connectivity index (χ0v) is 10.8. The number of alkyl carbamates (subject to hydrolysis) is 1. The highest BCUT2D eigenvalue weighted by atomic mass is 16.6. The Morgan fingerprint density at radius 3 is 2.76 bits per heavy atom. The highest BCUT2D eigenvalue weighted by Crippen LogP contribution is 2.21. The molecule has 17 heavy (non-hydrogen) atoms. The molecular formula is C13H24N2O2. The summed E-state index contributed by atoms with van der Waals surface area (Å²) in [6.07, 6.45) is 6.89. The van der Waals surface area contributed by atoms with Crippen molar-refractivity contribution in [1.82, 2.24) is 10.2 Å². The van der Waals surface area contributed by atoms with Gasteiger partial charge < -0.3 is 15.0 Å². The lowest BCUT2D eigenvalue weighted by Gasteiger charge is -2.29. The molecule has 0 aromatic rings. The van der Waals surface area contributed by atoms with Crippen LogP contribution in [0.5, 0.6) is 0 Å². The number of carbonyl (C=O) groups is 1. The summed E-state index contributed by atoms with van der Waals surface area (Å²) in [7, 11) is 2.14. The van der Waals surface area contributed by atoms with Gasteiger partial charge in [-0.25, -0.2) is 4.79 Å². The van der Waals surface area contributed by atoms with E-state index < -0.39 is 0 Å². The number of nitrogens with one attached hydrogen (secondary N) is 1. The van der Waals surface area contributed by atoms with Gasteiger partial charge in [-0.15, -0.1) is 0 Å². The van der Waals surface area contributed by atoms with Crippen molar-refractivity contribution >= 4 is 6.09 Å². The Hall–Kier alpha value is -0.770. The molecule has 1 aliphatic heterocycles. The van der Waals surface area contributed by atoms with Crippen LogP contribution in [0.2, 0.25) is 0 Å². The highest BCUT2D eigenvalue weighted by Gasteiger charge is 2.21. The second-order valence-corrected chi connectivity index (χ2v) is 5.46. The van der Waals surface area contributed by atoms with Gasteiger partial charge in [0.2, 0.25) is 0 Å². The van der Waals surface area contributed by atoms with E-state index in [1.54, 1.807) is 0 Å². The third-order valence-electron chi connectivity index (χ3n) is 3.83. The summed E-state index contributed by atoms with van der Waals surface area (Å²) in [5, 5.41) is 2.91. The van der Waals surface area contributed by atoms with Gasteiger partial charge in [0.25, 0.3) is 0 Å². The molecular weight excluding hydrogens is 216 g/mol. The number of likely N-dealkylation sites (tertiary alicyclic amines) is 1. The summed E-state index contributed by atoms with van der Waals surface area (Å²) < 4.78 is 5.37. The van der Waals surface area contributed by atoms with Crippen molar-refractivity contribution in [2.75, 3.05) is 26.7 Å². The Kier molecular flexibility index (Phi) is 4.66. The van der Waals surface area contributed by atoms with E-state index in [-0.39, 0.29) is 12.2 Å². The van der Waals surface area contributed by atoms with Crippen molar-refractivity contribution in [3.8, 4) is 0 Å². The van der Waals surface area contributed by atoms with Crippen molar-refractivity contribution in [3.05, 3.63) is 0 Å². The lowest BCUT2D eigenvalue weighted by atomic mass is 9.99. The lowest BCUT2D eigenvalue weighted by Crippen LogP contribution is -2.39. The molecule has 1 unspecified atom stereocenters. The quantitative estimate of drug-likeness (QED) is 0.820. The zero-order valence-electron chi connectivity index (χ0n) is 10.8. The van der Waals surface area contributed by atoms with E-state index in [1.165, 1.54) is 32.2 Å². The van der Waals surface area contributed by atoms with Gasteiger partial charge in [-0.3, -0.25) is 0 Å². The molecule has 1 N–H and O–H groups in total. The molecule has 0 aromatic heterocycles. The van der Waals surface area contributed by atoms with Crippen molar-refractivity contribution in [2.45, 2.75) is 44.6 Å². The predicted molar refractivity (Wildman–Crippen MR) is 67.0 cm³/mol. The number of ether oxygens (including phenoxy) is 1. The second-order valence-electron chi connectivity index (χ2n) is 5.46. The van der Waals surface area contributed by atoms with E-state index in [2.05, 4.69) is 17.3 Å². The number of hydrogen-bond donors (Lipinski definition) is 1. The number of hydrogen-bond acceptors (Lipinski definition) is 3. The molecule has 1 saturated carbocycles. The van der Waals surface area contributed by atoms with Gasteiger partial charge in [0.1, 0.15) is 6.10 Å². The molecule has 4 heteroatoms. The molecule has 2 fully saturated rings. The third kappa shape index (κ3) is 4.19. The van der Waals surface area contributed by atoms with Crippen LogP contribution < -0.4 is 5.32 Å². The number of amides is 1. The van der Waals surface area contributed by atoms with Crippen LogP contribution >= 0.6 is 0 Å². The maximum absolute atomic E-state index is 11.6. The molecule has 2 rings (SSSR count). The van der Waals surface area contributed by atoms with Crippen LogP contribution in [0, 0.1) is 5.92 Å². The SMILES string of the molecule is CN1CCCC(CNC(=O)OC2CCCC2)C1. The molecule has 2 aliphatic rings. The van der Waals surface area contributed by atoms with Crippen LogP contribution in [0.1, 0.15) is 38.5 Å². The fourth-order valence-corrected chi connectivity index (χ4v) is 2.87. The van der Waals surface area contributed by atoms with Crippen LogP contribution in [0.25, 0.3) is 0 Å². The summed E-state index contributed by atoms with van der Waals surface area (Å²) in [4.78, 5) is 13.9. The predicted octanol–water partition coefficient (Wildman–Crippen LogP) is 2.00. The van der Waals surface area contributed by atoms with Crippen molar-refractivity contribution in [3.63, 3.8) is 0 Å². The topological polar surface area (TPSA) is 41.6 Å². The van der Waals surface area contributed by atoms with Gasteiger partial charge in [-0.2, -0.15) is 0 Å². The summed E-state index contributed by atoms with van der Waals surface area (Å²) in [6, 6.07) is 0. The van der Waals surface area contributed by atoms with E-state index in [4.69, 9.17) is 4.74 Å².